The average Bonchev–Trinajstić information content (AvgIpc) is 3.12. The highest BCUT2D eigenvalue weighted by Crippen LogP contribution is 2.20. The first-order valence-corrected chi connectivity index (χ1v) is 9.95. The van der Waals surface area contributed by atoms with Gasteiger partial charge in [-0.1, -0.05) is 35.0 Å². The lowest BCUT2D eigenvalue weighted by Gasteiger charge is -2.15. The van der Waals surface area contributed by atoms with Crippen molar-refractivity contribution >= 4 is 10.0 Å². The second kappa shape index (κ2) is 7.89. The van der Waals surface area contributed by atoms with E-state index in [-0.39, 0.29) is 18.2 Å². The van der Waals surface area contributed by atoms with Crippen LogP contribution < -0.4 is 4.74 Å². The van der Waals surface area contributed by atoms with Crippen LogP contribution >= 0.6 is 0 Å². The van der Waals surface area contributed by atoms with Crippen LogP contribution in [0, 0.1) is 6.92 Å². The molecule has 0 saturated carbocycles. The highest BCUT2D eigenvalue weighted by atomic mass is 32.2. The molecule has 27 heavy (non-hydrogen) atoms. The molecular weight excluding hydrogens is 366 g/mol. The summed E-state index contributed by atoms with van der Waals surface area (Å²) in [6, 6.07) is 14.6. The van der Waals surface area contributed by atoms with Crippen molar-refractivity contribution in [2.45, 2.75) is 19.2 Å². The number of ether oxygens (including phenoxy) is 1. The Bertz CT molecular complexity index is 996. The van der Waals surface area contributed by atoms with E-state index in [4.69, 9.17) is 9.26 Å². The third-order valence-electron chi connectivity index (χ3n) is 4.12. The molecule has 3 rings (SSSR count). The van der Waals surface area contributed by atoms with Crippen molar-refractivity contribution in [1.82, 2.24) is 14.4 Å². The zero-order chi connectivity index (χ0) is 19.4. The van der Waals surface area contributed by atoms with Gasteiger partial charge in [-0.05, 0) is 36.8 Å². The summed E-state index contributed by atoms with van der Waals surface area (Å²) in [5.74, 6) is 1.28. The van der Waals surface area contributed by atoms with Crippen LogP contribution in [-0.2, 0) is 22.3 Å². The lowest BCUT2D eigenvalue weighted by Crippen LogP contribution is -2.27. The van der Waals surface area contributed by atoms with Gasteiger partial charge in [-0.25, -0.2) is 8.42 Å². The van der Waals surface area contributed by atoms with Gasteiger partial charge >= 0.3 is 0 Å². The molecule has 2 aromatic carbocycles. The van der Waals surface area contributed by atoms with Crippen LogP contribution in [-0.4, -0.2) is 37.0 Å². The largest absolute Gasteiger partial charge is 0.497 e. The van der Waals surface area contributed by atoms with Gasteiger partial charge in [0.2, 0.25) is 21.7 Å². The summed E-state index contributed by atoms with van der Waals surface area (Å²) in [5, 5.41) is 3.92. The van der Waals surface area contributed by atoms with Crippen LogP contribution in [0.5, 0.6) is 5.75 Å². The molecule has 0 aliphatic heterocycles. The molecule has 0 aliphatic rings. The van der Waals surface area contributed by atoms with Crippen molar-refractivity contribution in [3.63, 3.8) is 0 Å². The number of hydrogen-bond acceptors (Lipinski definition) is 6. The van der Waals surface area contributed by atoms with Crippen molar-refractivity contribution < 1.29 is 17.7 Å². The Balaban J connectivity index is 1.69. The Hall–Kier alpha value is -2.71. The van der Waals surface area contributed by atoms with Crippen LogP contribution in [0.25, 0.3) is 11.4 Å². The standard InChI is InChI=1S/C19H21N3O4S/c1-14-4-6-15(7-5-14)13-27(23,24)22(2)12-18-20-19(21-26-18)16-8-10-17(25-3)11-9-16/h4-11H,12-13H2,1-3H3. The van der Waals surface area contributed by atoms with E-state index in [1.807, 2.05) is 43.3 Å². The Morgan fingerprint density at radius 1 is 1.07 bits per heavy atom. The molecule has 0 amide bonds. The molecule has 7 nitrogen and oxygen atoms in total. The molecule has 0 N–H and O–H groups in total. The molecular formula is C19H21N3O4S. The minimum atomic E-state index is -3.50. The second-order valence-corrected chi connectivity index (χ2v) is 8.31. The molecule has 142 valence electrons. The molecule has 0 aliphatic carbocycles. The molecule has 0 radical (unpaired) electrons. The van der Waals surface area contributed by atoms with Crippen molar-refractivity contribution in [2.24, 2.45) is 0 Å². The number of methoxy groups -OCH3 is 1. The first-order chi connectivity index (χ1) is 12.9. The van der Waals surface area contributed by atoms with Crippen LogP contribution in [0.1, 0.15) is 17.0 Å². The van der Waals surface area contributed by atoms with Crippen molar-refractivity contribution in [1.29, 1.82) is 0 Å². The summed E-state index contributed by atoms with van der Waals surface area (Å²) in [7, 11) is -0.407. The van der Waals surface area contributed by atoms with Gasteiger partial charge in [0.25, 0.3) is 0 Å². The molecule has 0 atom stereocenters. The first kappa shape index (κ1) is 19.1. The van der Waals surface area contributed by atoms with Gasteiger partial charge in [0.15, 0.2) is 0 Å². The van der Waals surface area contributed by atoms with E-state index in [1.165, 1.54) is 11.4 Å². The van der Waals surface area contributed by atoms with Gasteiger partial charge in [-0.15, -0.1) is 0 Å². The van der Waals surface area contributed by atoms with Crippen LogP contribution in [0.4, 0.5) is 0 Å². The van der Waals surface area contributed by atoms with E-state index in [1.54, 1.807) is 19.2 Å². The molecule has 1 aromatic heterocycles. The second-order valence-electron chi connectivity index (χ2n) is 6.24. The van der Waals surface area contributed by atoms with Crippen molar-refractivity contribution in [3.8, 4) is 17.1 Å². The summed E-state index contributed by atoms with van der Waals surface area (Å²) in [5.41, 5.74) is 2.58. The normalized spacial score (nSPS) is 11.7. The topological polar surface area (TPSA) is 85.5 Å². The first-order valence-electron chi connectivity index (χ1n) is 8.34. The van der Waals surface area contributed by atoms with E-state index >= 15 is 0 Å². The SMILES string of the molecule is COc1ccc(-c2noc(CN(C)S(=O)(=O)Cc3ccc(C)cc3)n2)cc1. The van der Waals surface area contributed by atoms with Gasteiger partial charge in [-0.3, -0.25) is 0 Å². The lowest BCUT2D eigenvalue weighted by atomic mass is 10.2. The molecule has 0 fully saturated rings. The maximum Gasteiger partial charge on any atom is 0.242 e. The van der Waals surface area contributed by atoms with Crippen molar-refractivity contribution in [3.05, 3.63) is 65.5 Å². The Morgan fingerprint density at radius 3 is 2.37 bits per heavy atom. The zero-order valence-corrected chi connectivity index (χ0v) is 16.2. The maximum absolute atomic E-state index is 12.6. The Labute approximate surface area is 158 Å². The van der Waals surface area contributed by atoms with E-state index in [9.17, 15) is 8.42 Å². The number of aryl methyl sites for hydroxylation is 1. The third kappa shape index (κ3) is 4.72. The monoisotopic (exact) mass is 387 g/mol. The summed E-state index contributed by atoms with van der Waals surface area (Å²) in [6.07, 6.45) is 0. The van der Waals surface area contributed by atoms with Gasteiger partial charge in [0, 0.05) is 12.6 Å². The molecule has 1 heterocycles. The molecule has 0 spiro atoms. The van der Waals surface area contributed by atoms with E-state index in [0.29, 0.717) is 5.82 Å². The van der Waals surface area contributed by atoms with Gasteiger partial charge in [-0.2, -0.15) is 9.29 Å². The number of nitrogens with zero attached hydrogens (tertiary/aromatic N) is 3. The maximum atomic E-state index is 12.6. The lowest BCUT2D eigenvalue weighted by molar-refractivity contribution is 0.336. The quantitative estimate of drug-likeness (QED) is 0.619. The third-order valence-corrected chi connectivity index (χ3v) is 5.90. The summed E-state index contributed by atoms with van der Waals surface area (Å²) in [6.45, 7) is 1.97. The average molecular weight is 387 g/mol. The fourth-order valence-corrected chi connectivity index (χ4v) is 3.61. The number of benzene rings is 2. The van der Waals surface area contributed by atoms with Crippen LogP contribution in [0.2, 0.25) is 0 Å². The smallest absolute Gasteiger partial charge is 0.242 e. The minimum Gasteiger partial charge on any atom is -0.497 e. The number of aromatic nitrogens is 2. The predicted molar refractivity (Wildman–Crippen MR) is 102 cm³/mol. The summed E-state index contributed by atoms with van der Waals surface area (Å²) >= 11 is 0. The highest BCUT2D eigenvalue weighted by molar-refractivity contribution is 7.88. The fourth-order valence-electron chi connectivity index (χ4n) is 2.47. The molecule has 0 saturated heterocycles. The van der Waals surface area contributed by atoms with E-state index in [0.717, 1.165) is 22.4 Å². The molecule has 0 bridgehead atoms. The number of hydrogen-bond donors (Lipinski definition) is 0. The highest BCUT2D eigenvalue weighted by Gasteiger charge is 2.21. The van der Waals surface area contributed by atoms with Gasteiger partial charge in [0.1, 0.15) is 5.75 Å². The summed E-state index contributed by atoms with van der Waals surface area (Å²) in [4.78, 5) is 4.28. The predicted octanol–water partition coefficient (Wildman–Crippen LogP) is 3.02. The van der Waals surface area contributed by atoms with Gasteiger partial charge in [0.05, 0.1) is 19.4 Å². The summed E-state index contributed by atoms with van der Waals surface area (Å²) < 4.78 is 36.7. The Morgan fingerprint density at radius 2 is 1.74 bits per heavy atom. The molecule has 3 aromatic rings. The fraction of sp³-hybridized carbons (Fsp3) is 0.263. The van der Waals surface area contributed by atoms with Crippen LogP contribution in [0.15, 0.2) is 53.1 Å². The van der Waals surface area contributed by atoms with Crippen LogP contribution in [0.3, 0.4) is 0 Å². The van der Waals surface area contributed by atoms with E-state index in [2.05, 4.69) is 10.1 Å². The molecule has 8 heteroatoms. The van der Waals surface area contributed by atoms with E-state index < -0.39 is 10.0 Å². The number of rotatable bonds is 7. The Kier molecular flexibility index (Phi) is 5.57. The van der Waals surface area contributed by atoms with Crippen molar-refractivity contribution in [2.75, 3.05) is 14.2 Å². The molecule has 0 unspecified atom stereocenters. The minimum absolute atomic E-state index is 0.0113. The zero-order valence-electron chi connectivity index (χ0n) is 15.4. The van der Waals surface area contributed by atoms with Gasteiger partial charge < -0.3 is 9.26 Å². The number of sulfonamides is 1.